The van der Waals surface area contributed by atoms with Crippen molar-refractivity contribution in [2.45, 2.75) is 13.5 Å². The van der Waals surface area contributed by atoms with Crippen LogP contribution in [0, 0.1) is 18.3 Å². The maximum absolute atomic E-state index is 8.94. The standard InChI is InChI=1S/C12H12N4S/c1-9-3-4-12(15-11(9)5-13)16(2)6-10-7-17-8-14-10/h3-4,7-8H,6H2,1-2H3. The van der Waals surface area contributed by atoms with Gasteiger partial charge in [-0.25, -0.2) is 9.97 Å². The third-order valence-electron chi connectivity index (χ3n) is 2.46. The first-order chi connectivity index (χ1) is 8.20. The van der Waals surface area contributed by atoms with Crippen LogP contribution in [0.3, 0.4) is 0 Å². The van der Waals surface area contributed by atoms with Gasteiger partial charge in [0.2, 0.25) is 0 Å². The van der Waals surface area contributed by atoms with E-state index in [4.69, 9.17) is 5.26 Å². The van der Waals surface area contributed by atoms with Gasteiger partial charge in [-0.15, -0.1) is 11.3 Å². The van der Waals surface area contributed by atoms with Gasteiger partial charge in [0, 0.05) is 12.4 Å². The molecule has 0 spiro atoms. The van der Waals surface area contributed by atoms with Gasteiger partial charge in [0.1, 0.15) is 17.6 Å². The molecule has 0 radical (unpaired) electrons. The quantitative estimate of drug-likeness (QED) is 0.831. The Labute approximate surface area is 104 Å². The summed E-state index contributed by atoms with van der Waals surface area (Å²) in [5.41, 5.74) is 4.20. The third kappa shape index (κ3) is 2.60. The summed E-state index contributed by atoms with van der Waals surface area (Å²) < 4.78 is 0. The first kappa shape index (κ1) is 11.6. The molecule has 0 saturated heterocycles. The van der Waals surface area contributed by atoms with Gasteiger partial charge in [-0.2, -0.15) is 5.26 Å². The summed E-state index contributed by atoms with van der Waals surface area (Å²) in [5, 5.41) is 10.9. The molecule has 0 aromatic carbocycles. The van der Waals surface area contributed by atoms with E-state index < -0.39 is 0 Å². The highest BCUT2D eigenvalue weighted by Crippen LogP contribution is 2.15. The van der Waals surface area contributed by atoms with Gasteiger partial charge in [0.25, 0.3) is 0 Å². The highest BCUT2D eigenvalue weighted by atomic mass is 32.1. The van der Waals surface area contributed by atoms with E-state index in [0.717, 1.165) is 17.1 Å². The Bertz CT molecular complexity index is 542. The zero-order valence-corrected chi connectivity index (χ0v) is 10.5. The Kier molecular flexibility index (Phi) is 3.35. The lowest BCUT2D eigenvalue weighted by molar-refractivity contribution is 0.871. The van der Waals surface area contributed by atoms with Crippen LogP contribution in [0.2, 0.25) is 0 Å². The van der Waals surface area contributed by atoms with Crippen LogP contribution in [0.25, 0.3) is 0 Å². The molecule has 2 rings (SSSR count). The van der Waals surface area contributed by atoms with E-state index in [1.165, 1.54) is 0 Å². The Morgan fingerprint density at radius 1 is 1.47 bits per heavy atom. The van der Waals surface area contributed by atoms with E-state index in [1.54, 1.807) is 11.3 Å². The molecule has 0 amide bonds. The highest BCUT2D eigenvalue weighted by molar-refractivity contribution is 7.07. The average molecular weight is 244 g/mol. The Morgan fingerprint density at radius 3 is 2.94 bits per heavy atom. The van der Waals surface area contributed by atoms with Crippen LogP contribution in [-0.2, 0) is 6.54 Å². The molecule has 17 heavy (non-hydrogen) atoms. The molecule has 4 nitrogen and oxygen atoms in total. The lowest BCUT2D eigenvalue weighted by Crippen LogP contribution is -2.18. The maximum atomic E-state index is 8.94. The van der Waals surface area contributed by atoms with Crippen LogP contribution in [0.1, 0.15) is 17.0 Å². The van der Waals surface area contributed by atoms with E-state index in [2.05, 4.69) is 16.0 Å². The van der Waals surface area contributed by atoms with Gasteiger partial charge in [0.05, 0.1) is 17.7 Å². The van der Waals surface area contributed by atoms with Crippen molar-refractivity contribution in [3.63, 3.8) is 0 Å². The molecule has 0 aliphatic rings. The van der Waals surface area contributed by atoms with Crippen molar-refractivity contribution in [2.24, 2.45) is 0 Å². The topological polar surface area (TPSA) is 52.8 Å². The molecule has 0 saturated carbocycles. The summed E-state index contributed by atoms with van der Waals surface area (Å²) >= 11 is 1.58. The van der Waals surface area contributed by atoms with Crippen molar-refractivity contribution in [1.82, 2.24) is 9.97 Å². The first-order valence-corrected chi connectivity index (χ1v) is 6.11. The van der Waals surface area contributed by atoms with Crippen LogP contribution in [0.15, 0.2) is 23.0 Å². The molecular formula is C12H12N4S. The molecular weight excluding hydrogens is 232 g/mol. The van der Waals surface area contributed by atoms with Crippen LogP contribution in [0.4, 0.5) is 5.82 Å². The molecule has 86 valence electrons. The number of aromatic nitrogens is 2. The summed E-state index contributed by atoms with van der Waals surface area (Å²) in [6, 6.07) is 5.93. The molecule has 2 aromatic heterocycles. The van der Waals surface area contributed by atoms with Gasteiger partial charge in [-0.1, -0.05) is 6.07 Å². The Balaban J connectivity index is 2.20. The summed E-state index contributed by atoms with van der Waals surface area (Å²) in [6.07, 6.45) is 0. The first-order valence-electron chi connectivity index (χ1n) is 5.16. The molecule has 0 aliphatic heterocycles. The SMILES string of the molecule is Cc1ccc(N(C)Cc2cscn2)nc1C#N. The number of anilines is 1. The summed E-state index contributed by atoms with van der Waals surface area (Å²) in [6.45, 7) is 2.58. The number of rotatable bonds is 3. The van der Waals surface area contributed by atoms with Crippen molar-refractivity contribution in [3.8, 4) is 6.07 Å². The number of thiazole rings is 1. The van der Waals surface area contributed by atoms with Gasteiger partial charge in [-0.05, 0) is 18.6 Å². The monoisotopic (exact) mass is 244 g/mol. The van der Waals surface area contributed by atoms with Crippen molar-refractivity contribution in [2.75, 3.05) is 11.9 Å². The minimum atomic E-state index is 0.479. The van der Waals surface area contributed by atoms with Crippen molar-refractivity contribution < 1.29 is 0 Å². The van der Waals surface area contributed by atoms with Crippen LogP contribution < -0.4 is 4.90 Å². The smallest absolute Gasteiger partial charge is 0.145 e. The number of pyridine rings is 1. The molecule has 0 atom stereocenters. The molecule has 0 unspecified atom stereocenters. The summed E-state index contributed by atoms with van der Waals surface area (Å²) in [4.78, 5) is 10.5. The Morgan fingerprint density at radius 2 is 2.29 bits per heavy atom. The van der Waals surface area contributed by atoms with Gasteiger partial charge in [-0.3, -0.25) is 0 Å². The lowest BCUT2D eigenvalue weighted by Gasteiger charge is -2.17. The molecule has 5 heteroatoms. The zero-order valence-electron chi connectivity index (χ0n) is 9.71. The van der Waals surface area contributed by atoms with Crippen LogP contribution in [0.5, 0.6) is 0 Å². The predicted octanol–water partition coefficient (Wildman–Crippen LogP) is 2.35. The van der Waals surface area contributed by atoms with Gasteiger partial charge >= 0.3 is 0 Å². The van der Waals surface area contributed by atoms with E-state index in [1.807, 2.05) is 41.9 Å². The number of hydrogen-bond acceptors (Lipinski definition) is 5. The van der Waals surface area contributed by atoms with Crippen LogP contribution >= 0.6 is 11.3 Å². The van der Waals surface area contributed by atoms with Gasteiger partial charge in [0.15, 0.2) is 0 Å². The van der Waals surface area contributed by atoms with E-state index in [0.29, 0.717) is 12.2 Å². The largest absolute Gasteiger partial charge is 0.354 e. The fourth-order valence-corrected chi connectivity index (χ4v) is 2.03. The summed E-state index contributed by atoms with van der Waals surface area (Å²) in [5.74, 6) is 0.792. The van der Waals surface area contributed by atoms with E-state index in [-0.39, 0.29) is 0 Å². The second-order valence-electron chi connectivity index (χ2n) is 3.78. The number of nitriles is 1. The number of aryl methyl sites for hydroxylation is 1. The van der Waals surface area contributed by atoms with Crippen molar-refractivity contribution >= 4 is 17.2 Å². The second kappa shape index (κ2) is 4.93. The van der Waals surface area contributed by atoms with Gasteiger partial charge < -0.3 is 4.90 Å². The highest BCUT2D eigenvalue weighted by Gasteiger charge is 2.07. The minimum Gasteiger partial charge on any atom is -0.354 e. The fourth-order valence-electron chi connectivity index (χ4n) is 1.48. The second-order valence-corrected chi connectivity index (χ2v) is 4.50. The fraction of sp³-hybridized carbons (Fsp3) is 0.250. The van der Waals surface area contributed by atoms with Crippen molar-refractivity contribution in [1.29, 1.82) is 5.26 Å². The van der Waals surface area contributed by atoms with E-state index >= 15 is 0 Å². The molecule has 2 heterocycles. The average Bonchev–Trinajstić information content (AvgIpc) is 2.82. The Hall–Kier alpha value is -1.93. The molecule has 0 bridgehead atoms. The van der Waals surface area contributed by atoms with Crippen LogP contribution in [-0.4, -0.2) is 17.0 Å². The normalized spacial score (nSPS) is 9.94. The summed E-state index contributed by atoms with van der Waals surface area (Å²) in [7, 11) is 1.94. The minimum absolute atomic E-state index is 0.479. The zero-order chi connectivity index (χ0) is 12.3. The predicted molar refractivity (Wildman–Crippen MR) is 67.9 cm³/mol. The molecule has 0 N–H and O–H groups in total. The lowest BCUT2D eigenvalue weighted by atomic mass is 10.2. The number of nitrogens with zero attached hydrogens (tertiary/aromatic N) is 4. The third-order valence-corrected chi connectivity index (χ3v) is 3.10. The maximum Gasteiger partial charge on any atom is 0.145 e. The number of hydrogen-bond donors (Lipinski definition) is 0. The molecule has 2 aromatic rings. The van der Waals surface area contributed by atoms with E-state index in [9.17, 15) is 0 Å². The van der Waals surface area contributed by atoms with Crippen molar-refractivity contribution in [3.05, 3.63) is 40.0 Å². The molecule has 0 aliphatic carbocycles. The molecule has 0 fully saturated rings.